The molecule has 0 saturated carbocycles. The summed E-state index contributed by atoms with van der Waals surface area (Å²) in [5, 5.41) is 4.31. The molecule has 2 heteroatoms. The zero-order chi connectivity index (χ0) is 14.5. The van der Waals surface area contributed by atoms with Crippen molar-refractivity contribution in [3.63, 3.8) is 0 Å². The molecule has 3 aromatic rings. The topological polar surface area (TPSA) is 0 Å². The molecular formula is C20H19PSb. The molecule has 0 N–H and O–H groups in total. The average Bonchev–Trinajstić information content (AvgIpc) is 2.58. The zero-order valence-corrected chi connectivity index (χ0v) is 16.1. The molecule has 3 radical (unpaired) electrons. The van der Waals surface area contributed by atoms with Crippen LogP contribution in [-0.2, 0) is 6.42 Å². The van der Waals surface area contributed by atoms with Gasteiger partial charge in [0.25, 0.3) is 0 Å². The van der Waals surface area contributed by atoms with Gasteiger partial charge in [-0.05, 0) is 35.8 Å². The van der Waals surface area contributed by atoms with Crippen LogP contribution in [0.1, 0.15) is 12.5 Å². The smallest absolute Gasteiger partial charge is 0 e. The molecule has 0 aliphatic rings. The number of rotatable bonds is 4. The second-order valence-electron chi connectivity index (χ2n) is 4.99. The molecule has 3 aromatic carbocycles. The summed E-state index contributed by atoms with van der Waals surface area (Å²) in [6.45, 7) is 2.24. The largest absolute Gasteiger partial charge is 0.0622 e. The number of benzene rings is 3. The first kappa shape index (κ1) is 17.3. The molecule has 0 atom stereocenters. The Kier molecular flexibility index (Phi) is 6.68. The van der Waals surface area contributed by atoms with Gasteiger partial charge in [-0.2, -0.15) is 0 Å². The standard InChI is InChI=1S/C20H19P.Sb/c1-2-17-11-9-10-16-20(17)21(18-12-5-3-6-13-18)19-14-7-4-8-15-19;/h3-16H,2H2,1H3;. The number of aryl methyl sites for hydroxylation is 1. The monoisotopic (exact) mass is 411 g/mol. The summed E-state index contributed by atoms with van der Waals surface area (Å²) in [7, 11) is -0.473. The average molecular weight is 412 g/mol. The second kappa shape index (κ2) is 8.52. The van der Waals surface area contributed by atoms with Crippen LogP contribution in [0.5, 0.6) is 0 Å². The number of hydrogen-bond acceptors (Lipinski definition) is 0. The summed E-state index contributed by atoms with van der Waals surface area (Å²) in [6.07, 6.45) is 1.08. The van der Waals surface area contributed by atoms with Crippen LogP contribution in [0.4, 0.5) is 0 Å². The molecule has 22 heavy (non-hydrogen) atoms. The Morgan fingerprint density at radius 3 is 1.59 bits per heavy atom. The minimum atomic E-state index is -0.473. The van der Waals surface area contributed by atoms with Crippen molar-refractivity contribution in [3.05, 3.63) is 90.5 Å². The van der Waals surface area contributed by atoms with E-state index in [1.807, 2.05) is 0 Å². The molecule has 0 unspecified atom stereocenters. The van der Waals surface area contributed by atoms with E-state index in [4.69, 9.17) is 0 Å². The van der Waals surface area contributed by atoms with Gasteiger partial charge in [0.2, 0.25) is 0 Å². The molecule has 0 bridgehead atoms. The van der Waals surface area contributed by atoms with Crippen LogP contribution in [0.25, 0.3) is 0 Å². The summed E-state index contributed by atoms with van der Waals surface area (Å²) in [6, 6.07) is 30.6. The quantitative estimate of drug-likeness (QED) is 0.454. The van der Waals surface area contributed by atoms with Gasteiger partial charge < -0.3 is 0 Å². The van der Waals surface area contributed by atoms with E-state index in [2.05, 4.69) is 91.9 Å². The van der Waals surface area contributed by atoms with E-state index in [-0.39, 0.29) is 24.4 Å². The zero-order valence-electron chi connectivity index (χ0n) is 12.7. The van der Waals surface area contributed by atoms with E-state index >= 15 is 0 Å². The molecule has 0 aromatic heterocycles. The van der Waals surface area contributed by atoms with Gasteiger partial charge in [0.15, 0.2) is 0 Å². The van der Waals surface area contributed by atoms with Gasteiger partial charge in [-0.15, -0.1) is 0 Å². The van der Waals surface area contributed by atoms with Crippen LogP contribution in [0.2, 0.25) is 0 Å². The Bertz CT molecular complexity index is 656. The summed E-state index contributed by atoms with van der Waals surface area (Å²) in [4.78, 5) is 0. The molecule has 0 saturated heterocycles. The van der Waals surface area contributed by atoms with Crippen molar-refractivity contribution < 1.29 is 0 Å². The summed E-state index contributed by atoms with van der Waals surface area (Å²) >= 11 is 0. The van der Waals surface area contributed by atoms with Gasteiger partial charge >= 0.3 is 0 Å². The Hall–Kier alpha value is -1.09. The summed E-state index contributed by atoms with van der Waals surface area (Å²) in [5.41, 5.74) is 1.45. The van der Waals surface area contributed by atoms with Crippen LogP contribution in [0.15, 0.2) is 84.9 Å². The van der Waals surface area contributed by atoms with Gasteiger partial charge in [0, 0.05) is 24.4 Å². The van der Waals surface area contributed by atoms with E-state index < -0.39 is 7.92 Å². The molecule has 109 valence electrons. The summed E-state index contributed by atoms with van der Waals surface area (Å²) in [5.74, 6) is 0. The van der Waals surface area contributed by atoms with Gasteiger partial charge in [0.1, 0.15) is 0 Å². The van der Waals surface area contributed by atoms with Crippen molar-refractivity contribution in [2.75, 3.05) is 0 Å². The first-order chi connectivity index (χ1) is 10.4. The van der Waals surface area contributed by atoms with E-state index in [0.29, 0.717) is 0 Å². The molecule has 0 nitrogen and oxygen atoms in total. The maximum Gasteiger partial charge on any atom is 0 e. The predicted octanol–water partition coefficient (Wildman–Crippen LogP) is 3.63. The first-order valence-corrected chi connectivity index (χ1v) is 8.72. The minimum absolute atomic E-state index is 0. The molecule has 0 spiro atoms. The van der Waals surface area contributed by atoms with Crippen LogP contribution < -0.4 is 15.9 Å². The van der Waals surface area contributed by atoms with Gasteiger partial charge in [-0.3, -0.25) is 0 Å². The predicted molar refractivity (Wildman–Crippen MR) is 100 cm³/mol. The third kappa shape index (κ3) is 3.81. The van der Waals surface area contributed by atoms with Crippen molar-refractivity contribution in [1.29, 1.82) is 0 Å². The second-order valence-corrected chi connectivity index (χ2v) is 7.17. The third-order valence-electron chi connectivity index (χ3n) is 3.64. The first-order valence-electron chi connectivity index (χ1n) is 7.38. The van der Waals surface area contributed by atoms with Crippen molar-refractivity contribution in [1.82, 2.24) is 0 Å². The Morgan fingerprint density at radius 2 is 1.09 bits per heavy atom. The van der Waals surface area contributed by atoms with Crippen molar-refractivity contribution in [3.8, 4) is 0 Å². The van der Waals surface area contributed by atoms with Crippen molar-refractivity contribution in [2.24, 2.45) is 0 Å². The number of hydrogen-bond donors (Lipinski definition) is 0. The van der Waals surface area contributed by atoms with Crippen molar-refractivity contribution >= 4 is 48.3 Å². The van der Waals surface area contributed by atoms with Crippen LogP contribution >= 0.6 is 7.92 Å². The molecule has 0 amide bonds. The van der Waals surface area contributed by atoms with Gasteiger partial charge in [-0.25, -0.2) is 0 Å². The van der Waals surface area contributed by atoms with Crippen molar-refractivity contribution in [2.45, 2.75) is 13.3 Å². The fourth-order valence-corrected chi connectivity index (χ4v) is 5.16. The molecular weight excluding hydrogens is 393 g/mol. The summed E-state index contributed by atoms with van der Waals surface area (Å²) < 4.78 is 0. The molecule has 0 fully saturated rings. The minimum Gasteiger partial charge on any atom is -0.0622 e. The normalized spacial score (nSPS) is 10.3. The van der Waals surface area contributed by atoms with Crippen LogP contribution in [0.3, 0.4) is 0 Å². The van der Waals surface area contributed by atoms with Crippen LogP contribution in [0, 0.1) is 0 Å². The maximum atomic E-state index is 2.30. The SMILES string of the molecule is CCc1ccccc1P(c1ccccc1)c1ccccc1.[Sb]. The Balaban J connectivity index is 0.00000176. The van der Waals surface area contributed by atoms with Crippen LogP contribution in [-0.4, -0.2) is 24.4 Å². The molecule has 3 rings (SSSR count). The van der Waals surface area contributed by atoms with E-state index in [1.54, 1.807) is 0 Å². The molecule has 0 aliphatic heterocycles. The van der Waals surface area contributed by atoms with Gasteiger partial charge in [0.05, 0.1) is 0 Å². The molecule has 0 heterocycles. The fraction of sp³-hybridized carbons (Fsp3) is 0.100. The molecule has 0 aliphatic carbocycles. The Morgan fingerprint density at radius 1 is 0.636 bits per heavy atom. The fourth-order valence-electron chi connectivity index (χ4n) is 2.61. The van der Waals surface area contributed by atoms with Gasteiger partial charge in [-0.1, -0.05) is 91.9 Å². The third-order valence-corrected chi connectivity index (χ3v) is 6.19. The van der Waals surface area contributed by atoms with E-state index in [1.165, 1.54) is 21.5 Å². The van der Waals surface area contributed by atoms with E-state index in [9.17, 15) is 0 Å². The maximum absolute atomic E-state index is 2.30. The van der Waals surface area contributed by atoms with E-state index in [0.717, 1.165) is 6.42 Å². The Labute approximate surface area is 151 Å².